The first kappa shape index (κ1) is 18.4. The quantitative estimate of drug-likeness (QED) is 0.641. The molecule has 0 saturated heterocycles. The van der Waals surface area contributed by atoms with Crippen molar-refractivity contribution in [1.29, 1.82) is 0 Å². The summed E-state index contributed by atoms with van der Waals surface area (Å²) in [5, 5.41) is 0. The van der Waals surface area contributed by atoms with Crippen LogP contribution in [0.5, 0.6) is 0 Å². The lowest BCUT2D eigenvalue weighted by Crippen LogP contribution is -2.14. The summed E-state index contributed by atoms with van der Waals surface area (Å²) in [6.07, 6.45) is 4.03. The van der Waals surface area contributed by atoms with Gasteiger partial charge in [-0.05, 0) is 13.3 Å². The lowest BCUT2D eigenvalue weighted by atomic mass is 10.1. The van der Waals surface area contributed by atoms with E-state index in [-0.39, 0.29) is 26.7 Å². The molecule has 0 radical (unpaired) electrons. The minimum atomic E-state index is 0. The summed E-state index contributed by atoms with van der Waals surface area (Å²) in [5.41, 5.74) is 0. The van der Waals surface area contributed by atoms with Crippen LogP contribution in [0.25, 0.3) is 0 Å². The van der Waals surface area contributed by atoms with E-state index >= 15 is 0 Å². The minimum Gasteiger partial charge on any atom is -0.381 e. The van der Waals surface area contributed by atoms with Crippen LogP contribution < -0.4 is 0 Å². The van der Waals surface area contributed by atoms with E-state index in [1.165, 1.54) is 0 Å². The van der Waals surface area contributed by atoms with Crippen molar-refractivity contribution >= 4 is 5.78 Å². The molecule has 82 valence electrons. The largest absolute Gasteiger partial charge is 0.381 e. The highest BCUT2D eigenvalue weighted by Crippen LogP contribution is 2.07. The zero-order valence-corrected chi connectivity index (χ0v) is 7.72. The molecule has 0 spiro atoms. The van der Waals surface area contributed by atoms with Crippen LogP contribution in [-0.2, 0) is 9.53 Å². The van der Waals surface area contributed by atoms with Gasteiger partial charge in [-0.1, -0.05) is 34.6 Å². The Kier molecular flexibility index (Phi) is 16.5. The Labute approximate surface area is 83.7 Å². The zero-order chi connectivity index (χ0) is 8.69. The maximum Gasteiger partial charge on any atom is 0.132 e. The fourth-order valence-corrected chi connectivity index (χ4v) is 1.06. The monoisotopic (exact) mass is 190 g/mol. The second kappa shape index (κ2) is 11.6. The average molecular weight is 190 g/mol. The second-order valence-electron chi connectivity index (χ2n) is 2.91. The van der Waals surface area contributed by atoms with Gasteiger partial charge in [0.15, 0.2) is 0 Å². The lowest BCUT2D eigenvalue weighted by Gasteiger charge is -2.12. The van der Waals surface area contributed by atoms with Crippen LogP contribution in [0, 0.1) is 0 Å². The van der Waals surface area contributed by atoms with Gasteiger partial charge in [-0.3, -0.25) is 4.79 Å². The van der Waals surface area contributed by atoms with Gasteiger partial charge in [-0.2, -0.15) is 0 Å². The Balaban J connectivity index is -0.000000500. The number of methoxy groups -OCH3 is 1. The zero-order valence-electron chi connectivity index (χ0n) is 7.72. The first-order chi connectivity index (χ1) is 5.20. The number of unbranched alkanes of at least 4 members (excludes halogenated alkanes) is 1. The molecule has 0 heterocycles. The Bertz CT molecular complexity index is 111. The van der Waals surface area contributed by atoms with Crippen molar-refractivity contribution < 1.29 is 9.53 Å². The van der Waals surface area contributed by atoms with Crippen LogP contribution in [-0.4, -0.2) is 19.0 Å². The van der Waals surface area contributed by atoms with E-state index in [1.54, 1.807) is 14.0 Å². The maximum absolute atomic E-state index is 10.7. The molecular formula is C11H26O2. The fourth-order valence-electron chi connectivity index (χ4n) is 1.06. The molecule has 1 unspecified atom stereocenters. The van der Waals surface area contributed by atoms with Gasteiger partial charge in [0, 0.05) is 13.5 Å². The van der Waals surface area contributed by atoms with Gasteiger partial charge in [0.1, 0.15) is 5.78 Å². The summed E-state index contributed by atoms with van der Waals surface area (Å²) in [4.78, 5) is 10.7. The fraction of sp³-hybridized carbons (Fsp3) is 0.909. The summed E-state index contributed by atoms with van der Waals surface area (Å²) >= 11 is 0. The van der Waals surface area contributed by atoms with Crippen LogP contribution in [0.3, 0.4) is 0 Å². The van der Waals surface area contributed by atoms with Crippen LogP contribution in [0.2, 0.25) is 0 Å². The standard InChI is InChI=1S/C9H18O2.2CH4/c1-4-5-6-9(11-3)7-8(2)10;;/h9H,4-7H2,1-3H3;2*1H4. The minimum absolute atomic E-state index is 0. The van der Waals surface area contributed by atoms with Crippen LogP contribution in [0.15, 0.2) is 0 Å². The number of carbonyl (C=O) groups is 1. The number of hydrogen-bond donors (Lipinski definition) is 0. The Hall–Kier alpha value is -0.370. The van der Waals surface area contributed by atoms with Crippen molar-refractivity contribution in [2.75, 3.05) is 7.11 Å². The van der Waals surface area contributed by atoms with Crippen LogP contribution >= 0.6 is 0 Å². The molecule has 2 heteroatoms. The molecule has 0 aliphatic carbocycles. The van der Waals surface area contributed by atoms with E-state index in [0.717, 1.165) is 19.3 Å². The number of carbonyl (C=O) groups excluding carboxylic acids is 1. The van der Waals surface area contributed by atoms with E-state index in [9.17, 15) is 4.79 Å². The number of ketones is 1. The average Bonchev–Trinajstić information content (AvgIpc) is 1.97. The molecule has 0 saturated carbocycles. The Morgan fingerprint density at radius 3 is 2.23 bits per heavy atom. The van der Waals surface area contributed by atoms with Crippen molar-refractivity contribution in [3.63, 3.8) is 0 Å². The van der Waals surface area contributed by atoms with Crippen molar-refractivity contribution in [2.45, 2.75) is 60.5 Å². The molecule has 1 atom stereocenters. The number of ether oxygens (including phenoxy) is 1. The molecular weight excluding hydrogens is 164 g/mol. The van der Waals surface area contributed by atoms with Gasteiger partial charge in [-0.25, -0.2) is 0 Å². The first-order valence-corrected chi connectivity index (χ1v) is 4.23. The third-order valence-corrected chi connectivity index (χ3v) is 1.73. The summed E-state index contributed by atoms with van der Waals surface area (Å²) in [5.74, 6) is 0.216. The smallest absolute Gasteiger partial charge is 0.132 e. The van der Waals surface area contributed by atoms with Gasteiger partial charge in [-0.15, -0.1) is 0 Å². The molecule has 0 rings (SSSR count). The third kappa shape index (κ3) is 11.6. The maximum atomic E-state index is 10.7. The van der Waals surface area contributed by atoms with E-state index in [4.69, 9.17) is 4.74 Å². The molecule has 0 aliphatic rings. The molecule has 0 amide bonds. The van der Waals surface area contributed by atoms with E-state index in [1.807, 2.05) is 0 Å². The van der Waals surface area contributed by atoms with E-state index in [0.29, 0.717) is 6.42 Å². The van der Waals surface area contributed by atoms with Crippen LogP contribution in [0.1, 0.15) is 54.4 Å². The summed E-state index contributed by atoms with van der Waals surface area (Å²) in [7, 11) is 1.67. The molecule has 0 aliphatic heterocycles. The highest BCUT2D eigenvalue weighted by Gasteiger charge is 2.08. The van der Waals surface area contributed by atoms with Gasteiger partial charge >= 0.3 is 0 Å². The molecule has 2 nitrogen and oxygen atoms in total. The lowest BCUT2D eigenvalue weighted by molar-refractivity contribution is -0.119. The van der Waals surface area contributed by atoms with E-state index < -0.39 is 0 Å². The second-order valence-corrected chi connectivity index (χ2v) is 2.91. The number of hydrogen-bond acceptors (Lipinski definition) is 2. The van der Waals surface area contributed by atoms with Gasteiger partial charge in [0.25, 0.3) is 0 Å². The summed E-state index contributed by atoms with van der Waals surface area (Å²) in [6.45, 7) is 3.75. The molecule has 0 aromatic heterocycles. The molecule has 0 aromatic carbocycles. The SMILES string of the molecule is C.C.CCCCC(CC(C)=O)OC. The number of rotatable bonds is 6. The highest BCUT2D eigenvalue weighted by molar-refractivity contribution is 5.75. The summed E-state index contributed by atoms with van der Waals surface area (Å²) < 4.78 is 5.14. The van der Waals surface area contributed by atoms with Crippen molar-refractivity contribution in [3.05, 3.63) is 0 Å². The van der Waals surface area contributed by atoms with Crippen LogP contribution in [0.4, 0.5) is 0 Å². The van der Waals surface area contributed by atoms with Gasteiger partial charge < -0.3 is 4.74 Å². The normalized spacial score (nSPS) is 11.0. The predicted octanol–water partition coefficient (Wildman–Crippen LogP) is 3.44. The molecule has 13 heavy (non-hydrogen) atoms. The highest BCUT2D eigenvalue weighted by atomic mass is 16.5. The van der Waals surface area contributed by atoms with Gasteiger partial charge in [0.2, 0.25) is 0 Å². The molecule has 0 fully saturated rings. The van der Waals surface area contributed by atoms with Crippen molar-refractivity contribution in [2.24, 2.45) is 0 Å². The van der Waals surface area contributed by atoms with Gasteiger partial charge in [0.05, 0.1) is 6.10 Å². The predicted molar refractivity (Wildman–Crippen MR) is 59.1 cm³/mol. The molecule has 0 aromatic rings. The first-order valence-electron chi connectivity index (χ1n) is 4.23. The molecule has 0 N–H and O–H groups in total. The Morgan fingerprint density at radius 2 is 1.92 bits per heavy atom. The number of Topliss-reactive ketones (excluding diaryl/α,β-unsaturated/α-hetero) is 1. The Morgan fingerprint density at radius 1 is 1.38 bits per heavy atom. The van der Waals surface area contributed by atoms with Crippen molar-refractivity contribution in [3.8, 4) is 0 Å². The third-order valence-electron chi connectivity index (χ3n) is 1.73. The topological polar surface area (TPSA) is 26.3 Å². The molecule has 0 bridgehead atoms. The van der Waals surface area contributed by atoms with Crippen molar-refractivity contribution in [1.82, 2.24) is 0 Å². The van der Waals surface area contributed by atoms with E-state index in [2.05, 4.69) is 6.92 Å². The summed E-state index contributed by atoms with van der Waals surface area (Å²) in [6, 6.07) is 0.